The van der Waals surface area contributed by atoms with E-state index in [0.717, 1.165) is 30.6 Å². The van der Waals surface area contributed by atoms with Crippen LogP contribution in [-0.2, 0) is 0 Å². The van der Waals surface area contributed by atoms with Crippen molar-refractivity contribution in [3.63, 3.8) is 0 Å². The van der Waals surface area contributed by atoms with Crippen LogP contribution in [0.25, 0.3) is 0 Å². The SMILES string of the molecule is CCCCCN(CC)c1nc(C)oc1C. The summed E-state index contributed by atoms with van der Waals surface area (Å²) in [5, 5.41) is 0. The first-order chi connectivity index (χ1) is 7.19. The molecular weight excluding hydrogens is 188 g/mol. The van der Waals surface area contributed by atoms with E-state index in [4.69, 9.17) is 4.42 Å². The maximum absolute atomic E-state index is 5.45. The number of hydrogen-bond donors (Lipinski definition) is 0. The Morgan fingerprint density at radius 3 is 2.40 bits per heavy atom. The van der Waals surface area contributed by atoms with Crippen LogP contribution >= 0.6 is 0 Å². The Kier molecular flexibility index (Phi) is 4.66. The van der Waals surface area contributed by atoms with Crippen LogP contribution in [0.3, 0.4) is 0 Å². The van der Waals surface area contributed by atoms with Gasteiger partial charge in [0, 0.05) is 20.0 Å². The first-order valence-corrected chi connectivity index (χ1v) is 5.88. The lowest BCUT2D eigenvalue weighted by Crippen LogP contribution is -2.24. The zero-order valence-electron chi connectivity index (χ0n) is 10.3. The molecule has 86 valence electrons. The molecule has 1 aromatic rings. The second kappa shape index (κ2) is 5.79. The highest BCUT2D eigenvalue weighted by Crippen LogP contribution is 2.20. The Labute approximate surface area is 92.5 Å². The minimum absolute atomic E-state index is 0.761. The summed E-state index contributed by atoms with van der Waals surface area (Å²) in [6.07, 6.45) is 3.77. The maximum Gasteiger partial charge on any atom is 0.193 e. The fraction of sp³-hybridized carbons (Fsp3) is 0.750. The van der Waals surface area contributed by atoms with Gasteiger partial charge >= 0.3 is 0 Å². The van der Waals surface area contributed by atoms with Crippen molar-refractivity contribution < 1.29 is 4.42 Å². The third-order valence-corrected chi connectivity index (χ3v) is 2.59. The monoisotopic (exact) mass is 210 g/mol. The molecule has 0 radical (unpaired) electrons. The molecule has 0 fully saturated rings. The minimum atomic E-state index is 0.761. The third kappa shape index (κ3) is 3.26. The summed E-state index contributed by atoms with van der Waals surface area (Å²) in [7, 11) is 0. The van der Waals surface area contributed by atoms with Crippen LogP contribution in [0, 0.1) is 13.8 Å². The summed E-state index contributed by atoms with van der Waals surface area (Å²) in [6, 6.07) is 0. The van der Waals surface area contributed by atoms with E-state index in [0.29, 0.717) is 0 Å². The lowest BCUT2D eigenvalue weighted by molar-refractivity contribution is 0.494. The van der Waals surface area contributed by atoms with Crippen LogP contribution in [0.15, 0.2) is 4.42 Å². The highest BCUT2D eigenvalue weighted by Gasteiger charge is 2.12. The van der Waals surface area contributed by atoms with Gasteiger partial charge < -0.3 is 9.32 Å². The molecule has 0 unspecified atom stereocenters. The molecule has 0 aliphatic rings. The molecular formula is C12H22N2O. The molecule has 0 bridgehead atoms. The molecule has 0 amide bonds. The standard InChI is InChI=1S/C12H22N2O/c1-5-7-8-9-14(6-2)12-10(3)15-11(4)13-12/h5-9H2,1-4H3. The number of hydrogen-bond acceptors (Lipinski definition) is 3. The Morgan fingerprint density at radius 2 is 1.93 bits per heavy atom. The number of rotatable bonds is 6. The number of nitrogens with zero attached hydrogens (tertiary/aromatic N) is 2. The van der Waals surface area contributed by atoms with Crippen LogP contribution in [0.4, 0.5) is 5.82 Å². The molecule has 3 nitrogen and oxygen atoms in total. The Hall–Kier alpha value is -0.990. The lowest BCUT2D eigenvalue weighted by Gasteiger charge is -2.20. The second-order valence-electron chi connectivity index (χ2n) is 3.90. The van der Waals surface area contributed by atoms with Crippen molar-refractivity contribution in [1.82, 2.24) is 4.98 Å². The van der Waals surface area contributed by atoms with Crippen LogP contribution < -0.4 is 4.90 Å². The smallest absolute Gasteiger partial charge is 0.193 e. The lowest BCUT2D eigenvalue weighted by atomic mass is 10.2. The normalized spacial score (nSPS) is 10.7. The molecule has 0 aliphatic carbocycles. The summed E-state index contributed by atoms with van der Waals surface area (Å²) in [6.45, 7) is 10.3. The second-order valence-corrected chi connectivity index (χ2v) is 3.90. The molecule has 0 atom stereocenters. The molecule has 0 saturated carbocycles. The van der Waals surface area contributed by atoms with Crippen LogP contribution in [-0.4, -0.2) is 18.1 Å². The zero-order chi connectivity index (χ0) is 11.3. The number of aryl methyl sites for hydroxylation is 2. The van der Waals surface area contributed by atoms with Gasteiger partial charge in [0.25, 0.3) is 0 Å². The number of unbranched alkanes of at least 4 members (excludes halogenated alkanes) is 2. The fourth-order valence-corrected chi connectivity index (χ4v) is 1.78. The number of anilines is 1. The molecule has 1 aromatic heterocycles. The summed E-state index contributed by atoms with van der Waals surface area (Å²) < 4.78 is 5.45. The van der Waals surface area contributed by atoms with E-state index in [1.807, 2.05) is 13.8 Å². The Bertz CT molecular complexity index is 294. The van der Waals surface area contributed by atoms with Gasteiger partial charge in [-0.1, -0.05) is 19.8 Å². The summed E-state index contributed by atoms with van der Waals surface area (Å²) in [5.41, 5.74) is 0. The van der Waals surface area contributed by atoms with Crippen molar-refractivity contribution in [3.05, 3.63) is 11.7 Å². The fourth-order valence-electron chi connectivity index (χ4n) is 1.78. The van der Waals surface area contributed by atoms with Crippen molar-refractivity contribution in [2.75, 3.05) is 18.0 Å². The van der Waals surface area contributed by atoms with E-state index in [2.05, 4.69) is 23.7 Å². The van der Waals surface area contributed by atoms with E-state index in [-0.39, 0.29) is 0 Å². The van der Waals surface area contributed by atoms with E-state index in [9.17, 15) is 0 Å². The summed E-state index contributed by atoms with van der Waals surface area (Å²) >= 11 is 0. The molecule has 0 N–H and O–H groups in total. The van der Waals surface area contributed by atoms with Gasteiger partial charge in [0.1, 0.15) is 5.76 Å². The van der Waals surface area contributed by atoms with Crippen LogP contribution in [0.5, 0.6) is 0 Å². The summed E-state index contributed by atoms with van der Waals surface area (Å²) in [5.74, 6) is 2.72. The molecule has 0 saturated heterocycles. The van der Waals surface area contributed by atoms with Gasteiger partial charge in [-0.05, 0) is 20.3 Å². The molecule has 1 rings (SSSR count). The van der Waals surface area contributed by atoms with Crippen molar-refractivity contribution >= 4 is 5.82 Å². The van der Waals surface area contributed by atoms with Gasteiger partial charge in [-0.2, -0.15) is 4.98 Å². The largest absolute Gasteiger partial charge is 0.444 e. The average molecular weight is 210 g/mol. The molecule has 0 aromatic carbocycles. The molecule has 15 heavy (non-hydrogen) atoms. The van der Waals surface area contributed by atoms with Gasteiger partial charge in [-0.25, -0.2) is 0 Å². The molecule has 0 spiro atoms. The van der Waals surface area contributed by atoms with Gasteiger partial charge in [-0.15, -0.1) is 0 Å². The van der Waals surface area contributed by atoms with Crippen LogP contribution in [0.1, 0.15) is 44.8 Å². The van der Waals surface area contributed by atoms with Gasteiger partial charge in [-0.3, -0.25) is 0 Å². The topological polar surface area (TPSA) is 29.3 Å². The third-order valence-electron chi connectivity index (χ3n) is 2.59. The van der Waals surface area contributed by atoms with Gasteiger partial charge in [0.15, 0.2) is 11.7 Å². The van der Waals surface area contributed by atoms with Gasteiger partial charge in [0.05, 0.1) is 0 Å². The quantitative estimate of drug-likeness (QED) is 0.675. The van der Waals surface area contributed by atoms with E-state index < -0.39 is 0 Å². The predicted molar refractivity (Wildman–Crippen MR) is 63.4 cm³/mol. The predicted octanol–water partition coefficient (Wildman–Crippen LogP) is 3.31. The number of aromatic nitrogens is 1. The zero-order valence-corrected chi connectivity index (χ0v) is 10.3. The van der Waals surface area contributed by atoms with E-state index in [1.165, 1.54) is 19.3 Å². The van der Waals surface area contributed by atoms with Crippen molar-refractivity contribution in [2.45, 2.75) is 47.0 Å². The first-order valence-electron chi connectivity index (χ1n) is 5.88. The molecule has 0 aliphatic heterocycles. The highest BCUT2D eigenvalue weighted by atomic mass is 16.4. The first kappa shape index (κ1) is 12.1. The Balaban J connectivity index is 2.61. The van der Waals surface area contributed by atoms with E-state index in [1.54, 1.807) is 0 Å². The maximum atomic E-state index is 5.45. The van der Waals surface area contributed by atoms with Crippen molar-refractivity contribution in [3.8, 4) is 0 Å². The molecule has 1 heterocycles. The van der Waals surface area contributed by atoms with Gasteiger partial charge in [0.2, 0.25) is 0 Å². The molecule has 3 heteroatoms. The van der Waals surface area contributed by atoms with Crippen LogP contribution in [0.2, 0.25) is 0 Å². The average Bonchev–Trinajstić information content (AvgIpc) is 2.53. The van der Waals surface area contributed by atoms with Crippen molar-refractivity contribution in [1.29, 1.82) is 0 Å². The van der Waals surface area contributed by atoms with Crippen molar-refractivity contribution in [2.24, 2.45) is 0 Å². The van der Waals surface area contributed by atoms with E-state index >= 15 is 0 Å². The summed E-state index contributed by atoms with van der Waals surface area (Å²) in [4.78, 5) is 6.71. The number of oxazole rings is 1. The Morgan fingerprint density at radius 1 is 1.20 bits per heavy atom. The minimum Gasteiger partial charge on any atom is -0.444 e. The highest BCUT2D eigenvalue weighted by molar-refractivity contribution is 5.41.